The van der Waals surface area contributed by atoms with Crippen LogP contribution in [0.3, 0.4) is 0 Å². The Morgan fingerprint density at radius 3 is 2.78 bits per heavy atom. The Balaban J connectivity index is 1.34. The highest BCUT2D eigenvalue weighted by Gasteiger charge is 2.23. The Kier molecular flexibility index (Phi) is 3.85. The molecular formula is C20H21N7. The summed E-state index contributed by atoms with van der Waals surface area (Å²) in [5.41, 5.74) is 5.46. The van der Waals surface area contributed by atoms with Crippen LogP contribution in [0.25, 0.3) is 22.3 Å². The molecule has 7 nitrogen and oxygen atoms in total. The van der Waals surface area contributed by atoms with Gasteiger partial charge in [-0.05, 0) is 29.9 Å². The van der Waals surface area contributed by atoms with Crippen LogP contribution in [0.5, 0.6) is 0 Å². The second-order valence-corrected chi connectivity index (χ2v) is 7.09. The quantitative estimate of drug-likeness (QED) is 0.608. The van der Waals surface area contributed by atoms with Gasteiger partial charge in [-0.1, -0.05) is 24.3 Å². The largest absolute Gasteiger partial charge is 0.355 e. The van der Waals surface area contributed by atoms with Gasteiger partial charge in [-0.3, -0.25) is 4.68 Å². The molecule has 0 saturated carbocycles. The first-order chi connectivity index (χ1) is 13.3. The van der Waals surface area contributed by atoms with Crippen molar-refractivity contribution in [2.45, 2.75) is 18.8 Å². The van der Waals surface area contributed by atoms with Crippen LogP contribution in [0.4, 0.5) is 5.82 Å². The molecule has 4 aromatic rings. The minimum Gasteiger partial charge on any atom is -0.355 e. The van der Waals surface area contributed by atoms with E-state index in [9.17, 15) is 0 Å². The maximum atomic E-state index is 4.49. The zero-order valence-electron chi connectivity index (χ0n) is 15.2. The number of rotatable bonds is 3. The van der Waals surface area contributed by atoms with Crippen LogP contribution >= 0.6 is 0 Å². The first-order valence-corrected chi connectivity index (χ1v) is 9.26. The number of H-pyrrole nitrogens is 1. The number of aromatic nitrogens is 6. The molecule has 0 atom stereocenters. The fourth-order valence-electron chi connectivity index (χ4n) is 3.96. The predicted molar refractivity (Wildman–Crippen MR) is 105 cm³/mol. The molecule has 4 heterocycles. The van der Waals surface area contributed by atoms with Gasteiger partial charge in [0.2, 0.25) is 0 Å². The second-order valence-electron chi connectivity index (χ2n) is 7.09. The summed E-state index contributed by atoms with van der Waals surface area (Å²) >= 11 is 0. The third-order valence-corrected chi connectivity index (χ3v) is 5.39. The highest BCUT2D eigenvalue weighted by Crippen LogP contribution is 2.33. The molecule has 1 saturated heterocycles. The van der Waals surface area contributed by atoms with Crippen LogP contribution in [0.1, 0.15) is 24.3 Å². The number of nitrogens with zero attached hydrogens (tertiary/aromatic N) is 6. The minimum absolute atomic E-state index is 0.567. The van der Waals surface area contributed by atoms with Crippen molar-refractivity contribution in [3.8, 4) is 11.1 Å². The average molecular weight is 359 g/mol. The van der Waals surface area contributed by atoms with Gasteiger partial charge < -0.3 is 9.88 Å². The van der Waals surface area contributed by atoms with Gasteiger partial charge in [0.05, 0.1) is 12.5 Å². The van der Waals surface area contributed by atoms with E-state index in [4.69, 9.17) is 0 Å². The summed E-state index contributed by atoms with van der Waals surface area (Å²) in [6.45, 7) is 1.96. The van der Waals surface area contributed by atoms with Crippen molar-refractivity contribution in [2.75, 3.05) is 18.0 Å². The van der Waals surface area contributed by atoms with Crippen LogP contribution in [0.2, 0.25) is 0 Å². The molecule has 3 aromatic heterocycles. The van der Waals surface area contributed by atoms with Gasteiger partial charge >= 0.3 is 0 Å². The van der Waals surface area contributed by atoms with Gasteiger partial charge in [0.15, 0.2) is 11.5 Å². The number of fused-ring (bicyclic) bond motifs is 1. The van der Waals surface area contributed by atoms with Crippen molar-refractivity contribution in [1.82, 2.24) is 29.7 Å². The first kappa shape index (κ1) is 16.0. The highest BCUT2D eigenvalue weighted by molar-refractivity contribution is 5.82. The molecule has 136 valence electrons. The molecule has 1 N–H and O–H groups in total. The monoisotopic (exact) mass is 359 g/mol. The van der Waals surface area contributed by atoms with Gasteiger partial charge in [0.25, 0.3) is 0 Å². The molecule has 0 unspecified atom stereocenters. The molecule has 1 aliphatic rings. The van der Waals surface area contributed by atoms with Gasteiger partial charge in [-0.15, -0.1) is 0 Å². The Hall–Kier alpha value is -3.22. The molecule has 27 heavy (non-hydrogen) atoms. The lowest BCUT2D eigenvalue weighted by atomic mass is 9.88. The van der Waals surface area contributed by atoms with E-state index in [0.29, 0.717) is 5.92 Å². The summed E-state index contributed by atoms with van der Waals surface area (Å²) in [4.78, 5) is 18.4. The van der Waals surface area contributed by atoms with Crippen molar-refractivity contribution in [3.05, 3.63) is 54.9 Å². The highest BCUT2D eigenvalue weighted by atomic mass is 15.2. The number of benzene rings is 1. The van der Waals surface area contributed by atoms with E-state index in [1.54, 1.807) is 12.7 Å². The molecule has 0 radical (unpaired) electrons. The third kappa shape index (κ3) is 2.95. The topological polar surface area (TPSA) is 75.5 Å². The summed E-state index contributed by atoms with van der Waals surface area (Å²) in [7, 11) is 1.95. The number of anilines is 1. The van der Waals surface area contributed by atoms with Gasteiger partial charge in [-0.25, -0.2) is 15.0 Å². The first-order valence-electron chi connectivity index (χ1n) is 9.26. The number of nitrogens with one attached hydrogen (secondary N) is 1. The van der Waals surface area contributed by atoms with Crippen LogP contribution < -0.4 is 4.90 Å². The molecule has 0 amide bonds. The average Bonchev–Trinajstić information content (AvgIpc) is 3.37. The molecular weight excluding hydrogens is 338 g/mol. The number of piperidine rings is 1. The van der Waals surface area contributed by atoms with E-state index >= 15 is 0 Å². The van der Waals surface area contributed by atoms with Gasteiger partial charge in [0, 0.05) is 31.9 Å². The Morgan fingerprint density at radius 1 is 1.07 bits per heavy atom. The molecule has 1 aromatic carbocycles. The molecule has 1 fully saturated rings. The van der Waals surface area contributed by atoms with E-state index in [1.807, 2.05) is 17.9 Å². The fourth-order valence-corrected chi connectivity index (χ4v) is 3.96. The van der Waals surface area contributed by atoms with Crippen molar-refractivity contribution in [1.29, 1.82) is 0 Å². The molecule has 0 bridgehead atoms. The van der Waals surface area contributed by atoms with Gasteiger partial charge in [0.1, 0.15) is 11.8 Å². The molecule has 0 aliphatic carbocycles. The van der Waals surface area contributed by atoms with Crippen molar-refractivity contribution in [2.24, 2.45) is 7.05 Å². The van der Waals surface area contributed by atoms with Crippen LogP contribution in [0, 0.1) is 0 Å². The number of aryl methyl sites for hydroxylation is 1. The summed E-state index contributed by atoms with van der Waals surface area (Å²) in [5, 5.41) is 4.29. The standard InChI is InChI=1S/C20H21N7/c1-26-11-17(10-25-26)16-4-2-3-15(9-16)14-5-7-27(8-6-14)20-18-19(22-12-21-18)23-13-24-20/h2-4,9-14H,5-8H2,1H3,(H,21,22,23,24). The van der Waals surface area contributed by atoms with E-state index in [0.717, 1.165) is 42.9 Å². The van der Waals surface area contributed by atoms with Gasteiger partial charge in [-0.2, -0.15) is 5.10 Å². The fraction of sp³-hybridized carbons (Fsp3) is 0.300. The van der Waals surface area contributed by atoms with Crippen LogP contribution in [-0.4, -0.2) is 42.8 Å². The lowest BCUT2D eigenvalue weighted by molar-refractivity contribution is 0.503. The third-order valence-electron chi connectivity index (χ3n) is 5.39. The smallest absolute Gasteiger partial charge is 0.182 e. The van der Waals surface area contributed by atoms with E-state index in [1.165, 1.54) is 16.7 Å². The Labute approximate surface area is 157 Å². The van der Waals surface area contributed by atoms with E-state index in [-0.39, 0.29) is 0 Å². The zero-order chi connectivity index (χ0) is 18.2. The van der Waals surface area contributed by atoms with Crippen molar-refractivity contribution in [3.63, 3.8) is 0 Å². The molecule has 5 rings (SSSR count). The van der Waals surface area contributed by atoms with Crippen molar-refractivity contribution < 1.29 is 0 Å². The van der Waals surface area contributed by atoms with Crippen molar-refractivity contribution >= 4 is 17.0 Å². The Bertz CT molecular complexity index is 1070. The number of imidazole rings is 1. The molecule has 0 spiro atoms. The maximum Gasteiger partial charge on any atom is 0.182 e. The Morgan fingerprint density at radius 2 is 1.96 bits per heavy atom. The maximum absolute atomic E-state index is 4.49. The lowest BCUT2D eigenvalue weighted by Crippen LogP contribution is -2.33. The summed E-state index contributed by atoms with van der Waals surface area (Å²) in [6, 6.07) is 8.88. The normalized spacial score (nSPS) is 15.5. The summed E-state index contributed by atoms with van der Waals surface area (Å²) in [6.07, 6.45) is 9.48. The van der Waals surface area contributed by atoms with E-state index < -0.39 is 0 Å². The van der Waals surface area contributed by atoms with Crippen LogP contribution in [0.15, 0.2) is 49.3 Å². The number of hydrogen-bond acceptors (Lipinski definition) is 5. The summed E-state index contributed by atoms with van der Waals surface area (Å²) < 4.78 is 1.85. The van der Waals surface area contributed by atoms with Crippen LogP contribution in [-0.2, 0) is 7.05 Å². The zero-order valence-corrected chi connectivity index (χ0v) is 15.2. The minimum atomic E-state index is 0.567. The molecule has 7 heteroatoms. The second kappa shape index (κ2) is 6.50. The lowest BCUT2D eigenvalue weighted by Gasteiger charge is -2.33. The molecule has 1 aliphatic heterocycles. The number of aromatic amines is 1. The van der Waals surface area contributed by atoms with E-state index in [2.05, 4.69) is 60.4 Å². The number of hydrogen-bond donors (Lipinski definition) is 1. The summed E-state index contributed by atoms with van der Waals surface area (Å²) in [5.74, 6) is 1.53. The predicted octanol–water partition coefficient (Wildman–Crippen LogP) is 3.14. The SMILES string of the molecule is Cn1cc(-c2cccc(C3CCN(c4ncnc5nc[nH]c45)CC3)c2)cn1.